The molecule has 1 atom stereocenters. The second-order valence-electron chi connectivity index (χ2n) is 5.15. The summed E-state index contributed by atoms with van der Waals surface area (Å²) in [7, 11) is 0. The summed E-state index contributed by atoms with van der Waals surface area (Å²) >= 11 is 0. The minimum absolute atomic E-state index is 0.257. The van der Waals surface area contributed by atoms with Crippen molar-refractivity contribution in [3.63, 3.8) is 0 Å². The third-order valence-corrected chi connectivity index (χ3v) is 3.66. The lowest BCUT2D eigenvalue weighted by molar-refractivity contribution is -0.138. The Hall–Kier alpha value is -0.990. The van der Waals surface area contributed by atoms with Gasteiger partial charge in [-0.25, -0.2) is 0 Å². The Labute approximate surface area is 114 Å². The van der Waals surface area contributed by atoms with E-state index in [1.54, 1.807) is 13.0 Å². The van der Waals surface area contributed by atoms with E-state index >= 15 is 0 Å². The van der Waals surface area contributed by atoms with Gasteiger partial charge in [-0.05, 0) is 42.9 Å². The second-order valence-corrected chi connectivity index (χ2v) is 5.15. The Morgan fingerprint density at radius 2 is 1.74 bits per heavy atom. The van der Waals surface area contributed by atoms with Crippen molar-refractivity contribution in [3.05, 3.63) is 34.9 Å². The second kappa shape index (κ2) is 6.97. The Balaban J connectivity index is 3.09. The maximum absolute atomic E-state index is 12.9. The Bertz CT molecular complexity index is 393. The van der Waals surface area contributed by atoms with Gasteiger partial charge in [0.1, 0.15) is 0 Å². The molecule has 0 amide bonds. The molecule has 0 saturated heterocycles. The van der Waals surface area contributed by atoms with Crippen molar-refractivity contribution >= 4 is 0 Å². The number of rotatable bonds is 6. The van der Waals surface area contributed by atoms with Crippen LogP contribution in [0.5, 0.6) is 0 Å². The molecule has 0 aliphatic rings. The molecule has 0 N–H and O–H groups in total. The van der Waals surface area contributed by atoms with Crippen LogP contribution in [0.15, 0.2) is 18.2 Å². The maximum Gasteiger partial charge on any atom is 0.416 e. The standard InChI is InChI=1S/C16H23F3/c1-4-6-9-13(8-5-2)14-10-7-11-15(12(14)3)16(17,18)19/h7,10-11,13H,4-6,8-9H2,1-3H3. The molecule has 0 radical (unpaired) electrons. The van der Waals surface area contributed by atoms with E-state index in [9.17, 15) is 13.2 Å². The molecule has 0 aliphatic carbocycles. The predicted molar refractivity (Wildman–Crippen MR) is 73.4 cm³/mol. The van der Waals surface area contributed by atoms with Gasteiger partial charge in [0.05, 0.1) is 5.56 Å². The van der Waals surface area contributed by atoms with E-state index in [4.69, 9.17) is 0 Å². The van der Waals surface area contributed by atoms with Gasteiger partial charge < -0.3 is 0 Å². The van der Waals surface area contributed by atoms with Crippen LogP contribution in [0.1, 0.15) is 68.6 Å². The van der Waals surface area contributed by atoms with Gasteiger partial charge >= 0.3 is 6.18 Å². The summed E-state index contributed by atoms with van der Waals surface area (Å²) in [6.07, 6.45) is 0.846. The van der Waals surface area contributed by atoms with Gasteiger partial charge in [-0.2, -0.15) is 13.2 Å². The summed E-state index contributed by atoms with van der Waals surface area (Å²) in [5.41, 5.74) is 0.803. The van der Waals surface area contributed by atoms with E-state index in [0.29, 0.717) is 5.56 Å². The van der Waals surface area contributed by atoms with Crippen molar-refractivity contribution in [2.75, 3.05) is 0 Å². The minimum Gasteiger partial charge on any atom is -0.166 e. The number of benzene rings is 1. The van der Waals surface area contributed by atoms with Crippen molar-refractivity contribution in [3.8, 4) is 0 Å². The quantitative estimate of drug-likeness (QED) is 0.588. The van der Waals surface area contributed by atoms with Gasteiger partial charge in [0.15, 0.2) is 0 Å². The highest BCUT2D eigenvalue weighted by molar-refractivity contribution is 5.38. The summed E-state index contributed by atoms with van der Waals surface area (Å²) in [5, 5.41) is 0. The van der Waals surface area contributed by atoms with Crippen LogP contribution in [-0.4, -0.2) is 0 Å². The summed E-state index contributed by atoms with van der Waals surface area (Å²) in [5.74, 6) is 0.257. The molecule has 19 heavy (non-hydrogen) atoms. The van der Waals surface area contributed by atoms with Crippen LogP contribution in [-0.2, 0) is 6.18 Å². The van der Waals surface area contributed by atoms with Gasteiger partial charge in [0.2, 0.25) is 0 Å². The number of alkyl halides is 3. The molecule has 3 heteroatoms. The van der Waals surface area contributed by atoms with Crippen molar-refractivity contribution < 1.29 is 13.2 Å². The molecule has 1 aromatic carbocycles. The third kappa shape index (κ3) is 4.26. The first-order valence-electron chi connectivity index (χ1n) is 7.08. The molecule has 0 saturated carbocycles. The zero-order valence-electron chi connectivity index (χ0n) is 12.0. The highest BCUT2D eigenvalue weighted by Crippen LogP contribution is 2.37. The molecule has 1 unspecified atom stereocenters. The first kappa shape index (κ1) is 16.1. The molecule has 0 heterocycles. The van der Waals surface area contributed by atoms with Crippen molar-refractivity contribution in [1.29, 1.82) is 0 Å². The van der Waals surface area contributed by atoms with E-state index in [0.717, 1.165) is 37.7 Å². The summed E-state index contributed by atoms with van der Waals surface area (Å²) < 4.78 is 38.8. The van der Waals surface area contributed by atoms with Crippen LogP contribution in [0.2, 0.25) is 0 Å². The van der Waals surface area contributed by atoms with E-state index in [2.05, 4.69) is 13.8 Å². The van der Waals surface area contributed by atoms with Crippen LogP contribution in [0.4, 0.5) is 13.2 Å². The van der Waals surface area contributed by atoms with Crippen molar-refractivity contribution in [2.24, 2.45) is 0 Å². The molecule has 108 valence electrons. The SMILES string of the molecule is CCCCC(CCC)c1cccc(C(F)(F)F)c1C. The lowest BCUT2D eigenvalue weighted by Gasteiger charge is -2.21. The van der Waals surface area contributed by atoms with Gasteiger partial charge in [0, 0.05) is 0 Å². The maximum atomic E-state index is 12.9. The molecular weight excluding hydrogens is 249 g/mol. The van der Waals surface area contributed by atoms with Crippen LogP contribution in [0.25, 0.3) is 0 Å². The summed E-state index contributed by atoms with van der Waals surface area (Å²) in [6, 6.07) is 4.59. The van der Waals surface area contributed by atoms with Crippen LogP contribution in [0.3, 0.4) is 0 Å². The molecule has 0 spiro atoms. The number of hydrogen-bond donors (Lipinski definition) is 0. The molecule has 1 aromatic rings. The number of unbranched alkanes of at least 4 members (excludes halogenated alkanes) is 1. The average Bonchev–Trinajstić information content (AvgIpc) is 2.33. The zero-order valence-corrected chi connectivity index (χ0v) is 12.0. The van der Waals surface area contributed by atoms with Crippen LogP contribution < -0.4 is 0 Å². The highest BCUT2D eigenvalue weighted by atomic mass is 19.4. The Morgan fingerprint density at radius 1 is 1.05 bits per heavy atom. The first-order valence-corrected chi connectivity index (χ1v) is 7.08. The first-order chi connectivity index (χ1) is 8.91. The zero-order chi connectivity index (χ0) is 14.5. The molecule has 0 nitrogen and oxygen atoms in total. The molecule has 0 aromatic heterocycles. The van der Waals surface area contributed by atoms with E-state index < -0.39 is 11.7 Å². The normalized spacial score (nSPS) is 13.6. The molecule has 1 rings (SSSR count). The Morgan fingerprint density at radius 3 is 2.26 bits per heavy atom. The fourth-order valence-corrected chi connectivity index (χ4v) is 2.66. The largest absolute Gasteiger partial charge is 0.416 e. The van der Waals surface area contributed by atoms with Crippen LogP contribution >= 0.6 is 0 Å². The third-order valence-electron chi connectivity index (χ3n) is 3.66. The minimum atomic E-state index is -4.25. The molecule has 0 aliphatic heterocycles. The fourth-order valence-electron chi connectivity index (χ4n) is 2.66. The van der Waals surface area contributed by atoms with Crippen molar-refractivity contribution in [1.82, 2.24) is 0 Å². The summed E-state index contributed by atoms with van der Waals surface area (Å²) in [6.45, 7) is 5.80. The number of hydrogen-bond acceptors (Lipinski definition) is 0. The topological polar surface area (TPSA) is 0 Å². The molecule has 0 fully saturated rings. The lowest BCUT2D eigenvalue weighted by Crippen LogP contribution is -2.11. The van der Waals surface area contributed by atoms with Gasteiger partial charge in [0.25, 0.3) is 0 Å². The van der Waals surface area contributed by atoms with Gasteiger partial charge in [-0.3, -0.25) is 0 Å². The van der Waals surface area contributed by atoms with Gasteiger partial charge in [-0.15, -0.1) is 0 Å². The fraction of sp³-hybridized carbons (Fsp3) is 0.625. The predicted octanol–water partition coefficient (Wildman–Crippen LogP) is 6.09. The monoisotopic (exact) mass is 272 g/mol. The summed E-state index contributed by atoms with van der Waals surface area (Å²) in [4.78, 5) is 0. The highest BCUT2D eigenvalue weighted by Gasteiger charge is 2.33. The van der Waals surface area contributed by atoms with E-state index in [-0.39, 0.29) is 5.92 Å². The molecule has 0 bridgehead atoms. The van der Waals surface area contributed by atoms with E-state index in [1.165, 1.54) is 6.07 Å². The van der Waals surface area contributed by atoms with Crippen molar-refractivity contribution in [2.45, 2.75) is 65.0 Å². The lowest BCUT2D eigenvalue weighted by atomic mass is 9.85. The number of halogens is 3. The Kier molecular flexibility index (Phi) is 5.89. The van der Waals surface area contributed by atoms with E-state index in [1.807, 2.05) is 6.07 Å². The van der Waals surface area contributed by atoms with Crippen LogP contribution in [0, 0.1) is 6.92 Å². The molecular formula is C16H23F3. The van der Waals surface area contributed by atoms with Gasteiger partial charge in [-0.1, -0.05) is 45.2 Å². The average molecular weight is 272 g/mol. The smallest absolute Gasteiger partial charge is 0.166 e.